The van der Waals surface area contributed by atoms with E-state index in [1.807, 2.05) is 6.92 Å². The van der Waals surface area contributed by atoms with E-state index in [2.05, 4.69) is 15.6 Å². The van der Waals surface area contributed by atoms with Crippen molar-refractivity contribution in [2.24, 2.45) is 4.99 Å². The minimum absolute atomic E-state index is 0. The largest absolute Gasteiger partial charge is 0.491 e. The van der Waals surface area contributed by atoms with Gasteiger partial charge in [0, 0.05) is 12.6 Å². The van der Waals surface area contributed by atoms with Crippen molar-refractivity contribution < 1.29 is 26.3 Å². The van der Waals surface area contributed by atoms with Crippen LogP contribution in [0.1, 0.15) is 18.9 Å². The monoisotopic (exact) mass is 521 g/mol. The summed E-state index contributed by atoms with van der Waals surface area (Å²) >= 11 is 0. The summed E-state index contributed by atoms with van der Waals surface area (Å²) in [6.45, 7) is 2.52. The zero-order valence-electron chi connectivity index (χ0n) is 14.8. The molecule has 0 saturated carbocycles. The van der Waals surface area contributed by atoms with E-state index in [9.17, 15) is 21.6 Å². The molecule has 1 aromatic rings. The van der Waals surface area contributed by atoms with Crippen molar-refractivity contribution in [3.05, 3.63) is 29.8 Å². The fourth-order valence-electron chi connectivity index (χ4n) is 2.56. The second-order valence-corrected chi connectivity index (χ2v) is 8.08. The number of benzene rings is 1. The van der Waals surface area contributed by atoms with E-state index in [1.165, 1.54) is 18.2 Å². The van der Waals surface area contributed by atoms with Crippen LogP contribution in [0.3, 0.4) is 0 Å². The smallest absolute Gasteiger partial charge is 0.419 e. The average Bonchev–Trinajstić information content (AvgIpc) is 2.90. The van der Waals surface area contributed by atoms with Gasteiger partial charge >= 0.3 is 6.18 Å². The summed E-state index contributed by atoms with van der Waals surface area (Å²) in [6, 6.07) is 4.78. The van der Waals surface area contributed by atoms with Gasteiger partial charge in [-0.05, 0) is 25.5 Å². The van der Waals surface area contributed by atoms with Gasteiger partial charge in [-0.25, -0.2) is 13.4 Å². The molecule has 1 heterocycles. The third-order valence-electron chi connectivity index (χ3n) is 3.73. The maximum Gasteiger partial charge on any atom is 0.419 e. The Labute approximate surface area is 173 Å². The number of halogens is 4. The highest BCUT2D eigenvalue weighted by atomic mass is 127. The highest BCUT2D eigenvalue weighted by molar-refractivity contribution is 14.0. The predicted octanol–water partition coefficient (Wildman–Crippen LogP) is 2.44. The van der Waals surface area contributed by atoms with Crippen LogP contribution in [0.5, 0.6) is 5.75 Å². The van der Waals surface area contributed by atoms with Gasteiger partial charge < -0.3 is 15.4 Å². The number of hydrogen-bond donors (Lipinski definition) is 2. The van der Waals surface area contributed by atoms with Gasteiger partial charge in [-0.1, -0.05) is 12.1 Å². The summed E-state index contributed by atoms with van der Waals surface area (Å²) in [5.41, 5.74) is -0.829. The summed E-state index contributed by atoms with van der Waals surface area (Å²) in [4.78, 5) is 4.22. The lowest BCUT2D eigenvalue weighted by Gasteiger charge is -2.16. The highest BCUT2D eigenvalue weighted by Crippen LogP contribution is 2.35. The Morgan fingerprint density at radius 3 is 2.63 bits per heavy atom. The van der Waals surface area contributed by atoms with Crippen LogP contribution >= 0.6 is 24.0 Å². The minimum atomic E-state index is -4.48. The topological polar surface area (TPSA) is 79.8 Å². The molecule has 0 amide bonds. The van der Waals surface area contributed by atoms with Crippen molar-refractivity contribution >= 4 is 39.8 Å². The first-order valence-corrected chi connectivity index (χ1v) is 10.1. The zero-order valence-corrected chi connectivity index (χ0v) is 17.9. The standard InChI is InChI=1S/C16H22F3N3O3S.HI/c1-2-20-15(22-12-7-10-26(23,24)11-12)21-8-9-25-14-6-4-3-5-13(14)16(17,18)19;/h3-6,12H,2,7-11H2,1H3,(H2,20,21,22);1H. The summed E-state index contributed by atoms with van der Waals surface area (Å²) in [5.74, 6) is 0.367. The van der Waals surface area contributed by atoms with Crippen LogP contribution in [0.15, 0.2) is 29.3 Å². The van der Waals surface area contributed by atoms with Crippen LogP contribution in [0.2, 0.25) is 0 Å². The molecule has 0 spiro atoms. The molecule has 2 rings (SSSR count). The van der Waals surface area contributed by atoms with Crippen LogP contribution < -0.4 is 15.4 Å². The maximum absolute atomic E-state index is 12.9. The molecule has 1 atom stereocenters. The van der Waals surface area contributed by atoms with Crippen molar-refractivity contribution in [1.29, 1.82) is 0 Å². The van der Waals surface area contributed by atoms with Gasteiger partial charge in [-0.15, -0.1) is 24.0 Å². The van der Waals surface area contributed by atoms with E-state index in [1.54, 1.807) is 0 Å². The van der Waals surface area contributed by atoms with Crippen molar-refractivity contribution in [1.82, 2.24) is 10.6 Å². The van der Waals surface area contributed by atoms with E-state index in [-0.39, 0.29) is 60.4 Å². The number of para-hydroxylation sites is 1. The number of guanidine groups is 1. The van der Waals surface area contributed by atoms with Gasteiger partial charge in [0.2, 0.25) is 0 Å². The van der Waals surface area contributed by atoms with Crippen LogP contribution in [-0.2, 0) is 16.0 Å². The lowest BCUT2D eigenvalue weighted by Crippen LogP contribution is -2.44. The number of sulfone groups is 1. The van der Waals surface area contributed by atoms with E-state index in [0.29, 0.717) is 18.9 Å². The van der Waals surface area contributed by atoms with Gasteiger partial charge in [0.25, 0.3) is 0 Å². The maximum atomic E-state index is 12.9. The molecular weight excluding hydrogens is 498 g/mol. The average molecular weight is 521 g/mol. The van der Waals surface area contributed by atoms with Gasteiger partial charge in [-0.3, -0.25) is 0 Å². The molecule has 1 aromatic carbocycles. The second kappa shape index (κ2) is 10.3. The molecule has 6 nitrogen and oxygen atoms in total. The molecule has 1 unspecified atom stereocenters. The summed E-state index contributed by atoms with van der Waals surface area (Å²) in [7, 11) is -3.01. The number of alkyl halides is 3. The molecular formula is C16H23F3IN3O3S. The highest BCUT2D eigenvalue weighted by Gasteiger charge is 2.34. The Morgan fingerprint density at radius 2 is 2.04 bits per heavy atom. The van der Waals surface area contributed by atoms with E-state index < -0.39 is 21.6 Å². The summed E-state index contributed by atoms with van der Waals surface area (Å²) in [6.07, 6.45) is -3.98. The van der Waals surface area contributed by atoms with E-state index >= 15 is 0 Å². The Morgan fingerprint density at radius 1 is 1.33 bits per heavy atom. The van der Waals surface area contributed by atoms with E-state index in [4.69, 9.17) is 4.74 Å². The third kappa shape index (κ3) is 7.72. The lowest BCUT2D eigenvalue weighted by atomic mass is 10.2. The van der Waals surface area contributed by atoms with Crippen LogP contribution in [0.4, 0.5) is 13.2 Å². The minimum Gasteiger partial charge on any atom is -0.491 e. The molecule has 27 heavy (non-hydrogen) atoms. The van der Waals surface area contributed by atoms with Gasteiger partial charge in [0.15, 0.2) is 15.8 Å². The molecule has 1 saturated heterocycles. The molecule has 1 aliphatic heterocycles. The number of aliphatic imine (C=N–C) groups is 1. The molecule has 0 radical (unpaired) electrons. The Hall–Kier alpha value is -1.24. The number of nitrogens with one attached hydrogen (secondary N) is 2. The van der Waals surface area contributed by atoms with Gasteiger partial charge in [0.1, 0.15) is 12.4 Å². The molecule has 1 fully saturated rings. The third-order valence-corrected chi connectivity index (χ3v) is 5.50. The quantitative estimate of drug-likeness (QED) is 0.260. The fourth-order valence-corrected chi connectivity index (χ4v) is 4.24. The van der Waals surface area contributed by atoms with Crippen LogP contribution in [0.25, 0.3) is 0 Å². The molecule has 1 aliphatic rings. The Bertz CT molecular complexity index is 742. The molecule has 154 valence electrons. The second-order valence-electron chi connectivity index (χ2n) is 5.85. The van der Waals surface area contributed by atoms with Crippen LogP contribution in [0, 0.1) is 0 Å². The van der Waals surface area contributed by atoms with Crippen molar-refractivity contribution in [2.45, 2.75) is 25.6 Å². The molecule has 11 heteroatoms. The molecule has 0 aliphatic carbocycles. The first kappa shape index (κ1) is 23.8. The van der Waals surface area contributed by atoms with Crippen molar-refractivity contribution in [3.8, 4) is 5.75 Å². The first-order chi connectivity index (χ1) is 12.2. The zero-order chi connectivity index (χ0) is 19.2. The predicted molar refractivity (Wildman–Crippen MR) is 109 cm³/mol. The van der Waals surface area contributed by atoms with Crippen LogP contribution in [-0.4, -0.2) is 51.6 Å². The number of ether oxygens (including phenoxy) is 1. The number of rotatable bonds is 6. The number of hydrogen-bond acceptors (Lipinski definition) is 4. The summed E-state index contributed by atoms with van der Waals surface area (Å²) in [5, 5.41) is 6.01. The Kier molecular flexibility index (Phi) is 9.12. The SMILES string of the molecule is CCNC(=NCCOc1ccccc1C(F)(F)F)NC1CCS(=O)(=O)C1.I. The fraction of sp³-hybridized carbons (Fsp3) is 0.562. The first-order valence-electron chi connectivity index (χ1n) is 8.25. The lowest BCUT2D eigenvalue weighted by molar-refractivity contribution is -0.138. The summed E-state index contributed by atoms with van der Waals surface area (Å²) < 4.78 is 66.9. The van der Waals surface area contributed by atoms with E-state index in [0.717, 1.165) is 6.07 Å². The number of nitrogens with zero attached hydrogens (tertiary/aromatic N) is 1. The normalized spacial score (nSPS) is 19.3. The van der Waals surface area contributed by atoms with Gasteiger partial charge in [-0.2, -0.15) is 13.2 Å². The molecule has 0 aromatic heterocycles. The Balaban J connectivity index is 0.00000364. The van der Waals surface area contributed by atoms with Crippen molar-refractivity contribution in [3.63, 3.8) is 0 Å². The molecule has 2 N–H and O–H groups in total. The van der Waals surface area contributed by atoms with Crippen molar-refractivity contribution in [2.75, 3.05) is 31.2 Å². The molecule has 0 bridgehead atoms. The van der Waals surface area contributed by atoms with Gasteiger partial charge in [0.05, 0.1) is 23.6 Å².